The van der Waals surface area contributed by atoms with E-state index in [1.807, 2.05) is 13.0 Å². The lowest BCUT2D eigenvalue weighted by atomic mass is 9.98. The summed E-state index contributed by atoms with van der Waals surface area (Å²) in [6.45, 7) is 6.08. The van der Waals surface area contributed by atoms with Gasteiger partial charge in [-0.15, -0.1) is 6.58 Å². The Morgan fingerprint density at radius 1 is 1.27 bits per heavy atom. The van der Waals surface area contributed by atoms with Crippen molar-refractivity contribution in [3.63, 3.8) is 0 Å². The van der Waals surface area contributed by atoms with E-state index < -0.39 is 29.9 Å². The third-order valence-corrected chi connectivity index (χ3v) is 6.49. The average molecular weight is 456 g/mol. The molecule has 1 aromatic rings. The van der Waals surface area contributed by atoms with E-state index >= 15 is 0 Å². The molecule has 0 saturated heterocycles. The van der Waals surface area contributed by atoms with Gasteiger partial charge in [0, 0.05) is 30.3 Å². The Hall–Kier alpha value is -3.16. The molecule has 1 fully saturated rings. The number of benzene rings is 1. The van der Waals surface area contributed by atoms with Gasteiger partial charge in [0.1, 0.15) is 6.04 Å². The van der Waals surface area contributed by atoms with Gasteiger partial charge < -0.3 is 20.6 Å². The standard InChI is InChI=1S/C25H33N3O5/c1-3-5-8-20(24(31)26-19-9-6-7-18(19)25(32)33)27-23(30)17-11-10-16-12-13-22(29)28(14-4-2)21(16)15-17/h4,10-11,15,18-20H,2-3,5-9,12-14H2,1H3,(H,26,31)(H,27,30)(H,32,33)/t18-,19+,20+/m1/s1. The summed E-state index contributed by atoms with van der Waals surface area (Å²) >= 11 is 0. The predicted octanol–water partition coefficient (Wildman–Crippen LogP) is 2.81. The van der Waals surface area contributed by atoms with E-state index in [0.29, 0.717) is 49.9 Å². The number of fused-ring (bicyclic) bond motifs is 1. The largest absolute Gasteiger partial charge is 0.481 e. The van der Waals surface area contributed by atoms with E-state index in [9.17, 15) is 24.3 Å². The van der Waals surface area contributed by atoms with Gasteiger partial charge in [-0.3, -0.25) is 19.2 Å². The maximum Gasteiger partial charge on any atom is 0.308 e. The van der Waals surface area contributed by atoms with Crippen LogP contribution in [0.4, 0.5) is 5.69 Å². The van der Waals surface area contributed by atoms with Crippen LogP contribution in [0.2, 0.25) is 0 Å². The molecule has 1 saturated carbocycles. The zero-order chi connectivity index (χ0) is 24.0. The molecule has 178 valence electrons. The lowest BCUT2D eigenvalue weighted by molar-refractivity contribution is -0.142. The number of hydrogen-bond acceptors (Lipinski definition) is 4. The number of carbonyl (C=O) groups excluding carboxylic acids is 3. The van der Waals surface area contributed by atoms with Gasteiger partial charge in [0.05, 0.1) is 5.92 Å². The summed E-state index contributed by atoms with van der Waals surface area (Å²) in [5, 5.41) is 15.1. The molecule has 33 heavy (non-hydrogen) atoms. The Balaban J connectivity index is 1.75. The molecule has 1 aromatic carbocycles. The van der Waals surface area contributed by atoms with Crippen molar-refractivity contribution in [3.05, 3.63) is 42.0 Å². The monoisotopic (exact) mass is 455 g/mol. The Morgan fingerprint density at radius 3 is 2.76 bits per heavy atom. The topological polar surface area (TPSA) is 116 Å². The van der Waals surface area contributed by atoms with Gasteiger partial charge in [-0.2, -0.15) is 0 Å². The molecular weight excluding hydrogens is 422 g/mol. The number of hydrogen-bond donors (Lipinski definition) is 3. The highest BCUT2D eigenvalue weighted by atomic mass is 16.4. The first kappa shape index (κ1) is 24.5. The van der Waals surface area contributed by atoms with Crippen LogP contribution in [-0.4, -0.2) is 47.4 Å². The van der Waals surface area contributed by atoms with Crippen molar-refractivity contribution in [1.29, 1.82) is 0 Å². The Labute approximate surface area is 194 Å². The molecule has 0 spiro atoms. The third kappa shape index (κ3) is 5.80. The summed E-state index contributed by atoms with van der Waals surface area (Å²) in [5.41, 5.74) is 2.06. The van der Waals surface area contributed by atoms with E-state index in [2.05, 4.69) is 17.2 Å². The third-order valence-electron chi connectivity index (χ3n) is 6.49. The van der Waals surface area contributed by atoms with Gasteiger partial charge in [0.15, 0.2) is 0 Å². The highest BCUT2D eigenvalue weighted by Crippen LogP contribution is 2.29. The van der Waals surface area contributed by atoms with Crippen molar-refractivity contribution in [2.45, 2.75) is 70.4 Å². The molecule has 1 aliphatic heterocycles. The number of carbonyl (C=O) groups is 4. The first-order valence-corrected chi connectivity index (χ1v) is 11.7. The van der Waals surface area contributed by atoms with Crippen LogP contribution in [0, 0.1) is 5.92 Å². The molecule has 3 N–H and O–H groups in total. The number of aliphatic carboxylic acids is 1. The lowest BCUT2D eigenvalue weighted by Gasteiger charge is -2.29. The van der Waals surface area contributed by atoms with Crippen LogP contribution >= 0.6 is 0 Å². The van der Waals surface area contributed by atoms with Crippen molar-refractivity contribution < 1.29 is 24.3 Å². The van der Waals surface area contributed by atoms with E-state index in [1.54, 1.807) is 23.1 Å². The fourth-order valence-electron chi connectivity index (χ4n) is 4.64. The quantitative estimate of drug-likeness (QED) is 0.469. The van der Waals surface area contributed by atoms with Gasteiger partial charge in [-0.1, -0.05) is 38.3 Å². The molecule has 0 aromatic heterocycles. The Kier molecular flexibility index (Phi) is 8.25. The number of nitrogens with zero attached hydrogens (tertiary/aromatic N) is 1. The summed E-state index contributed by atoms with van der Waals surface area (Å²) in [4.78, 5) is 51.4. The number of rotatable bonds is 10. The minimum absolute atomic E-state index is 0.00953. The maximum absolute atomic E-state index is 13.1. The fraction of sp³-hybridized carbons (Fsp3) is 0.520. The minimum Gasteiger partial charge on any atom is -0.481 e. The zero-order valence-electron chi connectivity index (χ0n) is 19.1. The number of amides is 3. The second kappa shape index (κ2) is 11.1. The van der Waals surface area contributed by atoms with Gasteiger partial charge in [0.2, 0.25) is 11.8 Å². The van der Waals surface area contributed by atoms with Crippen LogP contribution < -0.4 is 15.5 Å². The van der Waals surface area contributed by atoms with E-state index in [1.165, 1.54) is 0 Å². The zero-order valence-corrected chi connectivity index (χ0v) is 19.1. The summed E-state index contributed by atoms with van der Waals surface area (Å²) in [6.07, 6.45) is 6.68. The first-order chi connectivity index (χ1) is 15.8. The molecule has 1 heterocycles. The number of aryl methyl sites for hydroxylation is 1. The van der Waals surface area contributed by atoms with Crippen LogP contribution in [-0.2, 0) is 20.8 Å². The van der Waals surface area contributed by atoms with Gasteiger partial charge >= 0.3 is 5.97 Å². The molecule has 3 rings (SSSR count). The number of carboxylic acids is 1. The number of anilines is 1. The van der Waals surface area contributed by atoms with Crippen LogP contribution in [0.5, 0.6) is 0 Å². The number of unbranched alkanes of at least 4 members (excludes halogenated alkanes) is 1. The molecule has 0 bridgehead atoms. The second-order valence-corrected chi connectivity index (χ2v) is 8.80. The lowest BCUT2D eigenvalue weighted by Crippen LogP contribution is -2.51. The van der Waals surface area contributed by atoms with Gasteiger partial charge in [-0.25, -0.2) is 0 Å². The second-order valence-electron chi connectivity index (χ2n) is 8.80. The Morgan fingerprint density at radius 2 is 2.06 bits per heavy atom. The Bertz CT molecular complexity index is 929. The molecule has 2 aliphatic rings. The molecule has 0 radical (unpaired) electrons. The van der Waals surface area contributed by atoms with Crippen molar-refractivity contribution >= 4 is 29.4 Å². The molecule has 8 heteroatoms. The average Bonchev–Trinajstić information content (AvgIpc) is 3.26. The predicted molar refractivity (Wildman–Crippen MR) is 125 cm³/mol. The van der Waals surface area contributed by atoms with Crippen LogP contribution in [0.1, 0.15) is 67.8 Å². The van der Waals surface area contributed by atoms with Crippen molar-refractivity contribution in [1.82, 2.24) is 10.6 Å². The van der Waals surface area contributed by atoms with Gasteiger partial charge in [0.25, 0.3) is 5.91 Å². The normalized spacial score (nSPS) is 20.6. The number of nitrogens with one attached hydrogen (secondary N) is 2. The molecule has 1 aliphatic carbocycles. The molecule has 3 amide bonds. The first-order valence-electron chi connectivity index (χ1n) is 11.7. The van der Waals surface area contributed by atoms with E-state index in [0.717, 1.165) is 24.8 Å². The fourth-order valence-corrected chi connectivity index (χ4v) is 4.64. The summed E-state index contributed by atoms with van der Waals surface area (Å²) < 4.78 is 0. The van der Waals surface area contributed by atoms with E-state index in [-0.39, 0.29) is 11.8 Å². The van der Waals surface area contributed by atoms with Crippen molar-refractivity contribution in [2.24, 2.45) is 5.92 Å². The van der Waals surface area contributed by atoms with Crippen LogP contribution in [0.25, 0.3) is 0 Å². The number of carboxylic acid groups (broad SMARTS) is 1. The van der Waals surface area contributed by atoms with E-state index in [4.69, 9.17) is 0 Å². The van der Waals surface area contributed by atoms with Crippen molar-refractivity contribution in [2.75, 3.05) is 11.4 Å². The summed E-state index contributed by atoms with van der Waals surface area (Å²) in [6, 6.07) is 4.08. The molecular formula is C25H33N3O5. The minimum atomic E-state index is -0.903. The summed E-state index contributed by atoms with van der Waals surface area (Å²) in [7, 11) is 0. The molecule has 8 nitrogen and oxygen atoms in total. The maximum atomic E-state index is 13.1. The van der Waals surface area contributed by atoms with Crippen LogP contribution in [0.15, 0.2) is 30.9 Å². The van der Waals surface area contributed by atoms with Gasteiger partial charge in [-0.05, 0) is 43.4 Å². The SMILES string of the molecule is C=CCN1C(=O)CCc2ccc(C(=O)N[C@@H](CCCC)C(=O)N[C@H]3CCC[C@H]3C(=O)O)cc21. The highest BCUT2D eigenvalue weighted by molar-refractivity contribution is 6.01. The summed E-state index contributed by atoms with van der Waals surface area (Å²) in [5.74, 6) is -2.25. The van der Waals surface area contributed by atoms with Crippen LogP contribution in [0.3, 0.4) is 0 Å². The smallest absolute Gasteiger partial charge is 0.308 e. The molecule has 0 unspecified atom stereocenters. The van der Waals surface area contributed by atoms with Crippen molar-refractivity contribution in [3.8, 4) is 0 Å². The molecule has 3 atom stereocenters. The highest BCUT2D eigenvalue weighted by Gasteiger charge is 2.35.